The van der Waals surface area contributed by atoms with Crippen molar-refractivity contribution >= 4 is 28.1 Å². The third-order valence-electron chi connectivity index (χ3n) is 2.73. The minimum absolute atomic E-state index is 0.165. The summed E-state index contributed by atoms with van der Waals surface area (Å²) in [7, 11) is 0. The van der Waals surface area contributed by atoms with Gasteiger partial charge in [-0.2, -0.15) is 5.10 Å². The molecule has 0 fully saturated rings. The summed E-state index contributed by atoms with van der Waals surface area (Å²) in [6.07, 6.45) is 1.56. The molecule has 2 heterocycles. The maximum absolute atomic E-state index is 11.4. The zero-order valence-corrected chi connectivity index (χ0v) is 12.5. The molecular weight excluding hydrogens is 342 g/mol. The molecule has 1 aromatic heterocycles. The average Bonchev–Trinajstić information content (AvgIpc) is 2.90. The molecule has 21 heavy (non-hydrogen) atoms. The monoisotopic (exact) mass is 351 g/mol. The fraction of sp³-hybridized carbons (Fsp3) is 0.167. The molecule has 8 nitrogen and oxygen atoms in total. The molecule has 1 aliphatic heterocycles. The fourth-order valence-electron chi connectivity index (χ4n) is 1.64. The summed E-state index contributed by atoms with van der Waals surface area (Å²) in [5.74, 6) is 1.50. The van der Waals surface area contributed by atoms with Gasteiger partial charge >= 0.3 is 0 Å². The number of nitrogens with zero attached hydrogens (tertiary/aromatic N) is 3. The maximum Gasteiger partial charge on any atom is 0.274 e. The van der Waals surface area contributed by atoms with Crippen molar-refractivity contribution in [3.05, 3.63) is 38.2 Å². The number of anilines is 1. The summed E-state index contributed by atoms with van der Waals surface area (Å²) in [5.41, 5.74) is 3.37. The van der Waals surface area contributed by atoms with Gasteiger partial charge in [0.2, 0.25) is 12.7 Å². The van der Waals surface area contributed by atoms with Crippen LogP contribution < -0.4 is 20.5 Å². The maximum atomic E-state index is 11.4. The lowest BCUT2D eigenvalue weighted by molar-refractivity contribution is 0.174. The van der Waals surface area contributed by atoms with Crippen LogP contribution in [0.1, 0.15) is 11.3 Å². The van der Waals surface area contributed by atoms with Gasteiger partial charge in [-0.05, 0) is 35.0 Å². The van der Waals surface area contributed by atoms with Gasteiger partial charge in [0.15, 0.2) is 11.5 Å². The number of hydrazone groups is 1. The quantitative estimate of drug-likeness (QED) is 0.640. The number of halogens is 1. The summed E-state index contributed by atoms with van der Waals surface area (Å²) in [5, 5.41) is 11.5. The van der Waals surface area contributed by atoms with Crippen molar-refractivity contribution in [1.82, 2.24) is 15.2 Å². The molecular formula is C12H10BrN5O3. The van der Waals surface area contributed by atoms with Gasteiger partial charge in [-0.25, -0.2) is 5.43 Å². The first-order valence-electron chi connectivity index (χ1n) is 5.95. The molecule has 108 valence electrons. The highest BCUT2D eigenvalue weighted by Crippen LogP contribution is 2.36. The summed E-state index contributed by atoms with van der Waals surface area (Å²) < 4.78 is 11.4. The zero-order valence-electron chi connectivity index (χ0n) is 10.9. The minimum atomic E-state index is -0.313. The van der Waals surface area contributed by atoms with Crippen LogP contribution in [0.4, 0.5) is 5.95 Å². The largest absolute Gasteiger partial charge is 0.454 e. The number of aromatic amines is 1. The van der Waals surface area contributed by atoms with E-state index in [4.69, 9.17) is 9.47 Å². The molecule has 9 heteroatoms. The molecule has 2 aromatic rings. The number of benzene rings is 1. The van der Waals surface area contributed by atoms with Gasteiger partial charge in [-0.15, -0.1) is 10.2 Å². The highest BCUT2D eigenvalue weighted by atomic mass is 79.9. The van der Waals surface area contributed by atoms with Crippen LogP contribution in [-0.2, 0) is 0 Å². The third-order valence-corrected chi connectivity index (χ3v) is 3.41. The molecule has 0 saturated carbocycles. The second-order valence-corrected chi connectivity index (χ2v) is 5.04. The van der Waals surface area contributed by atoms with Crippen molar-refractivity contribution in [3.8, 4) is 11.5 Å². The Morgan fingerprint density at radius 1 is 1.38 bits per heavy atom. The number of hydrogen-bond donors (Lipinski definition) is 2. The standard InChI is InChI=1S/C12H10BrN5O3/c1-6-11(19)15-12(18-16-6)17-14-4-7-2-9-10(3-8(7)13)21-5-20-9/h2-4H,5H2,1H3,(H2,15,17,18,19)/b14-4+. The van der Waals surface area contributed by atoms with Gasteiger partial charge in [0.25, 0.3) is 5.56 Å². The van der Waals surface area contributed by atoms with Crippen molar-refractivity contribution in [2.75, 3.05) is 12.2 Å². The Hall–Kier alpha value is -2.42. The molecule has 2 N–H and O–H groups in total. The van der Waals surface area contributed by atoms with E-state index in [1.165, 1.54) is 0 Å². The Morgan fingerprint density at radius 2 is 2.14 bits per heavy atom. The number of aryl methyl sites for hydroxylation is 1. The second kappa shape index (κ2) is 5.52. The van der Waals surface area contributed by atoms with E-state index in [0.29, 0.717) is 17.2 Å². The van der Waals surface area contributed by atoms with E-state index in [1.807, 2.05) is 0 Å². The molecule has 0 unspecified atom stereocenters. The number of H-pyrrole nitrogens is 1. The average molecular weight is 352 g/mol. The number of nitrogens with one attached hydrogen (secondary N) is 2. The van der Waals surface area contributed by atoms with Crippen LogP contribution in [-0.4, -0.2) is 28.2 Å². The van der Waals surface area contributed by atoms with Gasteiger partial charge in [0.1, 0.15) is 5.69 Å². The minimum Gasteiger partial charge on any atom is -0.454 e. The Labute approximate surface area is 127 Å². The molecule has 0 saturated heterocycles. The van der Waals surface area contributed by atoms with Crippen LogP contribution in [0.15, 0.2) is 26.5 Å². The SMILES string of the molecule is Cc1nnc(N/N=C/c2cc3c(cc2Br)OCO3)[nH]c1=O. The van der Waals surface area contributed by atoms with E-state index < -0.39 is 0 Å². The second-order valence-electron chi connectivity index (χ2n) is 4.19. The predicted molar refractivity (Wildman–Crippen MR) is 78.9 cm³/mol. The van der Waals surface area contributed by atoms with Gasteiger partial charge in [-0.3, -0.25) is 9.78 Å². The number of ether oxygens (including phenoxy) is 2. The van der Waals surface area contributed by atoms with Crippen LogP contribution in [0.3, 0.4) is 0 Å². The molecule has 3 rings (SSSR count). The lowest BCUT2D eigenvalue weighted by Crippen LogP contribution is -2.15. The predicted octanol–water partition coefficient (Wildman–Crippen LogP) is 1.41. The van der Waals surface area contributed by atoms with Crippen LogP contribution in [0, 0.1) is 6.92 Å². The Balaban J connectivity index is 1.77. The first-order valence-corrected chi connectivity index (χ1v) is 6.74. The highest BCUT2D eigenvalue weighted by molar-refractivity contribution is 9.10. The van der Waals surface area contributed by atoms with Crippen LogP contribution >= 0.6 is 15.9 Å². The summed E-state index contributed by atoms with van der Waals surface area (Å²) >= 11 is 3.42. The van der Waals surface area contributed by atoms with E-state index in [9.17, 15) is 4.79 Å². The number of rotatable bonds is 3. The van der Waals surface area contributed by atoms with Crippen molar-refractivity contribution in [3.63, 3.8) is 0 Å². The zero-order chi connectivity index (χ0) is 14.8. The molecule has 0 amide bonds. The Bertz CT molecular complexity index is 774. The van der Waals surface area contributed by atoms with Crippen molar-refractivity contribution in [2.45, 2.75) is 6.92 Å². The first kappa shape index (κ1) is 13.6. The molecule has 0 radical (unpaired) electrons. The van der Waals surface area contributed by atoms with Crippen LogP contribution in [0.2, 0.25) is 0 Å². The van der Waals surface area contributed by atoms with Crippen molar-refractivity contribution < 1.29 is 9.47 Å². The number of aromatic nitrogens is 3. The van der Waals surface area contributed by atoms with Gasteiger partial charge < -0.3 is 9.47 Å². The summed E-state index contributed by atoms with van der Waals surface area (Å²) in [6.45, 7) is 1.78. The smallest absolute Gasteiger partial charge is 0.274 e. The van der Waals surface area contributed by atoms with E-state index in [2.05, 4.69) is 41.6 Å². The lowest BCUT2D eigenvalue weighted by atomic mass is 10.2. The van der Waals surface area contributed by atoms with E-state index in [1.54, 1.807) is 25.3 Å². The molecule has 0 aliphatic carbocycles. The molecule has 1 aromatic carbocycles. The Kier molecular flexibility index (Phi) is 3.57. The van der Waals surface area contributed by atoms with E-state index >= 15 is 0 Å². The fourth-order valence-corrected chi connectivity index (χ4v) is 2.06. The normalized spacial score (nSPS) is 12.9. The highest BCUT2D eigenvalue weighted by Gasteiger charge is 2.15. The van der Waals surface area contributed by atoms with Crippen molar-refractivity contribution in [1.29, 1.82) is 0 Å². The van der Waals surface area contributed by atoms with Crippen LogP contribution in [0.5, 0.6) is 11.5 Å². The van der Waals surface area contributed by atoms with Crippen LogP contribution in [0.25, 0.3) is 0 Å². The molecule has 0 bridgehead atoms. The number of fused-ring (bicyclic) bond motifs is 1. The molecule has 1 aliphatic rings. The van der Waals surface area contributed by atoms with Crippen molar-refractivity contribution in [2.24, 2.45) is 5.10 Å². The lowest BCUT2D eigenvalue weighted by Gasteiger charge is -2.02. The van der Waals surface area contributed by atoms with E-state index in [0.717, 1.165) is 10.0 Å². The molecule has 0 spiro atoms. The van der Waals surface area contributed by atoms with Gasteiger partial charge in [0.05, 0.1) is 6.21 Å². The van der Waals surface area contributed by atoms with E-state index in [-0.39, 0.29) is 18.3 Å². The Morgan fingerprint density at radius 3 is 2.90 bits per heavy atom. The number of hydrogen-bond acceptors (Lipinski definition) is 7. The molecule has 0 atom stereocenters. The van der Waals surface area contributed by atoms with Gasteiger partial charge in [0, 0.05) is 10.0 Å². The van der Waals surface area contributed by atoms with Gasteiger partial charge in [-0.1, -0.05) is 0 Å². The topological polar surface area (TPSA) is 101 Å². The first-order chi connectivity index (χ1) is 10.1. The summed E-state index contributed by atoms with van der Waals surface area (Å²) in [6, 6.07) is 3.60. The summed E-state index contributed by atoms with van der Waals surface area (Å²) in [4.78, 5) is 13.9. The third kappa shape index (κ3) is 2.87.